The molecule has 10 heteroatoms. The number of hydrogen-bond acceptors (Lipinski definition) is 5. The van der Waals surface area contributed by atoms with Crippen molar-refractivity contribution in [2.24, 2.45) is 0 Å². The van der Waals surface area contributed by atoms with Crippen molar-refractivity contribution in [1.82, 2.24) is 19.8 Å². The van der Waals surface area contributed by atoms with Crippen LogP contribution in [0.3, 0.4) is 0 Å². The predicted octanol–water partition coefficient (Wildman–Crippen LogP) is 3.06. The van der Waals surface area contributed by atoms with E-state index in [0.717, 1.165) is 14.9 Å². The average Bonchev–Trinajstić information content (AvgIpc) is 2.89. The van der Waals surface area contributed by atoms with Crippen LogP contribution < -0.4 is 5.73 Å². The molecule has 0 atom stereocenters. The topological polar surface area (TPSA) is 69.1 Å². The highest BCUT2D eigenvalue weighted by Crippen LogP contribution is 2.34. The van der Waals surface area contributed by atoms with Crippen LogP contribution in [0.15, 0.2) is 18.2 Å². The van der Waals surface area contributed by atoms with Gasteiger partial charge in [-0.15, -0.1) is 10.2 Å². The summed E-state index contributed by atoms with van der Waals surface area (Å²) in [4.78, 5) is 0.0746. The Morgan fingerprint density at radius 1 is 1.25 bits per heavy atom. The van der Waals surface area contributed by atoms with Crippen LogP contribution in [0.5, 0.6) is 0 Å². The zero-order valence-electron chi connectivity index (χ0n) is 9.52. The van der Waals surface area contributed by atoms with E-state index < -0.39 is 12.0 Å². The SMILES string of the molecule is Nc1ccc(I)cc1-c1nn2c(C(F)(F)F)nnc2s1. The molecule has 0 bridgehead atoms. The maximum atomic E-state index is 12.7. The third-order valence-electron chi connectivity index (χ3n) is 2.49. The third kappa shape index (κ3) is 2.22. The zero-order valence-corrected chi connectivity index (χ0v) is 12.5. The minimum Gasteiger partial charge on any atom is -0.398 e. The highest BCUT2D eigenvalue weighted by molar-refractivity contribution is 14.1. The van der Waals surface area contributed by atoms with Gasteiger partial charge in [-0.1, -0.05) is 11.3 Å². The Hall–Kier alpha value is -1.43. The Bertz CT molecular complexity index is 794. The van der Waals surface area contributed by atoms with Crippen molar-refractivity contribution in [3.63, 3.8) is 0 Å². The minimum atomic E-state index is -4.60. The van der Waals surface area contributed by atoms with Crippen LogP contribution in [0.4, 0.5) is 18.9 Å². The van der Waals surface area contributed by atoms with Crippen LogP contribution in [0.25, 0.3) is 15.5 Å². The fourth-order valence-corrected chi connectivity index (χ4v) is 2.99. The Kier molecular flexibility index (Phi) is 3.08. The smallest absolute Gasteiger partial charge is 0.398 e. The van der Waals surface area contributed by atoms with Gasteiger partial charge in [0.2, 0.25) is 4.96 Å². The van der Waals surface area contributed by atoms with Gasteiger partial charge in [0, 0.05) is 14.8 Å². The van der Waals surface area contributed by atoms with Gasteiger partial charge in [-0.25, -0.2) is 0 Å². The maximum absolute atomic E-state index is 12.7. The quantitative estimate of drug-likeness (QED) is 0.494. The number of alkyl halides is 3. The monoisotopic (exact) mass is 411 g/mol. The van der Waals surface area contributed by atoms with Crippen LogP contribution in [0.1, 0.15) is 5.82 Å². The van der Waals surface area contributed by atoms with Gasteiger partial charge in [-0.05, 0) is 40.8 Å². The second-order valence-electron chi connectivity index (χ2n) is 3.85. The van der Waals surface area contributed by atoms with Crippen molar-refractivity contribution in [3.8, 4) is 10.6 Å². The summed E-state index contributed by atoms with van der Waals surface area (Å²) in [5, 5.41) is 10.9. The lowest BCUT2D eigenvalue weighted by molar-refractivity contribution is -0.146. The molecule has 1 aromatic carbocycles. The summed E-state index contributed by atoms with van der Waals surface area (Å²) in [6.07, 6.45) is -4.60. The molecule has 0 fully saturated rings. The second kappa shape index (κ2) is 4.55. The molecular weight excluding hydrogens is 406 g/mol. The molecule has 0 aliphatic carbocycles. The molecule has 0 saturated heterocycles. The molecule has 2 aromatic heterocycles. The number of hydrogen-bond donors (Lipinski definition) is 1. The minimum absolute atomic E-state index is 0.0746. The van der Waals surface area contributed by atoms with Crippen molar-refractivity contribution < 1.29 is 13.2 Å². The number of nitrogen functional groups attached to an aromatic ring is 1. The highest BCUT2D eigenvalue weighted by atomic mass is 127. The van der Waals surface area contributed by atoms with E-state index in [1.165, 1.54) is 0 Å². The van der Waals surface area contributed by atoms with E-state index in [1.54, 1.807) is 18.2 Å². The number of nitrogens with zero attached hydrogens (tertiary/aromatic N) is 4. The number of halogens is 4. The van der Waals surface area contributed by atoms with Crippen LogP contribution in [-0.2, 0) is 6.18 Å². The zero-order chi connectivity index (χ0) is 14.5. The summed E-state index contributed by atoms with van der Waals surface area (Å²) in [5.41, 5.74) is 6.86. The van der Waals surface area contributed by atoms with E-state index in [4.69, 9.17) is 5.73 Å². The summed E-state index contributed by atoms with van der Waals surface area (Å²) in [6, 6.07) is 5.25. The van der Waals surface area contributed by atoms with Gasteiger partial charge in [0.15, 0.2) is 0 Å². The number of rotatable bonds is 1. The molecule has 104 valence electrons. The van der Waals surface area contributed by atoms with Gasteiger partial charge < -0.3 is 5.73 Å². The first-order chi connectivity index (χ1) is 9.36. The first kappa shape index (κ1) is 13.5. The average molecular weight is 411 g/mol. The van der Waals surface area contributed by atoms with Crippen LogP contribution >= 0.6 is 33.9 Å². The molecule has 2 heterocycles. The molecule has 0 saturated carbocycles. The summed E-state index contributed by atoms with van der Waals surface area (Å²) in [5.74, 6) is -1.14. The normalized spacial score (nSPS) is 12.2. The predicted molar refractivity (Wildman–Crippen MR) is 76.2 cm³/mol. The summed E-state index contributed by atoms with van der Waals surface area (Å²) < 4.78 is 39.8. The standard InChI is InChI=1S/C10H5F3IN5S/c11-10(12,13)8-16-17-9-19(8)18-7(20-9)5-3-4(14)1-2-6(5)15/h1-3H,15H2. The van der Waals surface area contributed by atoms with Crippen LogP contribution in [0, 0.1) is 3.57 Å². The Balaban J connectivity index is 2.19. The summed E-state index contributed by atoms with van der Waals surface area (Å²) >= 11 is 3.10. The van der Waals surface area contributed by atoms with Gasteiger partial charge in [-0.2, -0.15) is 22.8 Å². The molecule has 0 radical (unpaired) electrons. The Morgan fingerprint density at radius 3 is 2.70 bits per heavy atom. The van der Waals surface area contributed by atoms with Crippen LogP contribution in [-0.4, -0.2) is 19.8 Å². The first-order valence-corrected chi connectivity index (χ1v) is 7.10. The molecule has 0 aliphatic rings. The van der Waals surface area contributed by atoms with Crippen molar-refractivity contribution in [2.45, 2.75) is 6.18 Å². The highest BCUT2D eigenvalue weighted by Gasteiger charge is 2.38. The molecule has 5 nitrogen and oxygen atoms in total. The van der Waals surface area contributed by atoms with E-state index in [0.29, 0.717) is 20.8 Å². The van der Waals surface area contributed by atoms with Gasteiger partial charge in [0.25, 0.3) is 5.82 Å². The first-order valence-electron chi connectivity index (χ1n) is 5.21. The molecule has 3 rings (SSSR count). The summed E-state index contributed by atoms with van der Waals surface area (Å²) in [6.45, 7) is 0. The molecule has 0 unspecified atom stereocenters. The third-order valence-corrected chi connectivity index (χ3v) is 4.09. The van der Waals surface area contributed by atoms with Crippen molar-refractivity contribution in [3.05, 3.63) is 27.6 Å². The molecule has 0 amide bonds. The lowest BCUT2D eigenvalue weighted by Gasteiger charge is -2.02. The van der Waals surface area contributed by atoms with Gasteiger partial charge >= 0.3 is 6.18 Å². The number of aromatic nitrogens is 4. The van der Waals surface area contributed by atoms with Crippen molar-refractivity contribution in [1.29, 1.82) is 0 Å². The van der Waals surface area contributed by atoms with Gasteiger partial charge in [-0.3, -0.25) is 0 Å². The van der Waals surface area contributed by atoms with Crippen molar-refractivity contribution >= 4 is 44.6 Å². The molecule has 3 aromatic rings. The van der Waals surface area contributed by atoms with E-state index >= 15 is 0 Å². The number of fused-ring (bicyclic) bond motifs is 1. The lowest BCUT2D eigenvalue weighted by atomic mass is 10.2. The van der Waals surface area contributed by atoms with Crippen molar-refractivity contribution in [2.75, 3.05) is 5.73 Å². The van der Waals surface area contributed by atoms with Gasteiger partial charge in [0.1, 0.15) is 5.01 Å². The number of anilines is 1. The maximum Gasteiger partial charge on any atom is 0.453 e. The summed E-state index contributed by atoms with van der Waals surface area (Å²) in [7, 11) is 0. The number of nitrogens with two attached hydrogens (primary N) is 1. The Labute approximate surface area is 127 Å². The molecular formula is C10H5F3IN5S. The van der Waals surface area contributed by atoms with E-state index in [9.17, 15) is 13.2 Å². The van der Waals surface area contributed by atoms with E-state index in [1.807, 2.05) is 0 Å². The molecule has 20 heavy (non-hydrogen) atoms. The largest absolute Gasteiger partial charge is 0.453 e. The fourth-order valence-electron chi connectivity index (χ4n) is 1.62. The molecule has 0 spiro atoms. The second-order valence-corrected chi connectivity index (χ2v) is 6.06. The molecule has 2 N–H and O–H groups in total. The number of benzene rings is 1. The van der Waals surface area contributed by atoms with Crippen LogP contribution in [0.2, 0.25) is 0 Å². The fraction of sp³-hybridized carbons (Fsp3) is 0.100. The molecule has 0 aliphatic heterocycles. The lowest BCUT2D eigenvalue weighted by Crippen LogP contribution is -2.11. The van der Waals surface area contributed by atoms with E-state index in [2.05, 4.69) is 37.9 Å². The Morgan fingerprint density at radius 2 is 2.00 bits per heavy atom. The van der Waals surface area contributed by atoms with Gasteiger partial charge in [0.05, 0.1) is 0 Å². The van der Waals surface area contributed by atoms with E-state index in [-0.39, 0.29) is 4.96 Å².